The number of piperazine rings is 1. The van der Waals surface area contributed by atoms with E-state index < -0.39 is 0 Å². The number of imidazole rings is 1. The molecule has 0 aliphatic carbocycles. The van der Waals surface area contributed by atoms with Crippen molar-refractivity contribution < 1.29 is 4.79 Å². The van der Waals surface area contributed by atoms with Crippen molar-refractivity contribution in [2.75, 3.05) is 26.2 Å². The van der Waals surface area contributed by atoms with Crippen molar-refractivity contribution in [2.24, 2.45) is 7.05 Å². The van der Waals surface area contributed by atoms with Crippen LogP contribution in [0.2, 0.25) is 0 Å². The molecule has 3 aromatic carbocycles. The Morgan fingerprint density at radius 3 is 1.97 bits per heavy atom. The monoisotopic (exact) mass is 424 g/mol. The number of aryl methyl sites for hydroxylation is 1. The quantitative estimate of drug-likeness (QED) is 0.485. The van der Waals surface area contributed by atoms with E-state index in [1.54, 1.807) is 0 Å². The average molecular weight is 425 g/mol. The van der Waals surface area contributed by atoms with Crippen LogP contribution in [0.3, 0.4) is 0 Å². The number of rotatable bonds is 5. The maximum absolute atomic E-state index is 13.6. The predicted octanol–water partition coefficient (Wildman–Crippen LogP) is 4.05. The SMILES string of the molecule is Cn1c(CN2CCN(C(=O)C(c3ccccc3)c3ccccc3)CC2)nc2ccccc21. The highest BCUT2D eigenvalue weighted by Crippen LogP contribution is 2.27. The Hall–Kier alpha value is -3.44. The van der Waals surface area contributed by atoms with Gasteiger partial charge in [-0.15, -0.1) is 0 Å². The first-order valence-electron chi connectivity index (χ1n) is 11.2. The van der Waals surface area contributed by atoms with Gasteiger partial charge in [-0.2, -0.15) is 0 Å². The van der Waals surface area contributed by atoms with Crippen molar-refractivity contribution in [1.29, 1.82) is 0 Å². The number of carbonyl (C=O) groups excluding carboxylic acids is 1. The lowest BCUT2D eigenvalue weighted by molar-refractivity contribution is -0.133. The number of hydrogen-bond acceptors (Lipinski definition) is 3. The minimum atomic E-state index is -0.260. The van der Waals surface area contributed by atoms with Crippen LogP contribution in [0.5, 0.6) is 0 Å². The van der Waals surface area contributed by atoms with E-state index in [4.69, 9.17) is 4.98 Å². The fourth-order valence-corrected chi connectivity index (χ4v) is 4.61. The van der Waals surface area contributed by atoms with E-state index in [0.29, 0.717) is 0 Å². The number of fused-ring (bicyclic) bond motifs is 1. The number of para-hydroxylation sites is 2. The molecule has 0 spiro atoms. The molecule has 4 aromatic rings. The molecular formula is C27H28N4O. The van der Waals surface area contributed by atoms with E-state index in [1.165, 1.54) is 0 Å². The molecule has 0 radical (unpaired) electrons. The van der Waals surface area contributed by atoms with E-state index in [-0.39, 0.29) is 11.8 Å². The average Bonchev–Trinajstić information content (AvgIpc) is 3.16. The van der Waals surface area contributed by atoms with E-state index in [2.05, 4.69) is 52.9 Å². The first kappa shape index (κ1) is 20.5. The maximum atomic E-state index is 13.6. The Morgan fingerprint density at radius 1 is 0.812 bits per heavy atom. The maximum Gasteiger partial charge on any atom is 0.234 e. The number of amides is 1. The van der Waals surface area contributed by atoms with Gasteiger partial charge in [0, 0.05) is 33.2 Å². The molecule has 1 saturated heterocycles. The van der Waals surface area contributed by atoms with Gasteiger partial charge in [-0.3, -0.25) is 9.69 Å². The Balaban J connectivity index is 1.29. The third-order valence-electron chi connectivity index (χ3n) is 6.44. The normalized spacial score (nSPS) is 14.9. The van der Waals surface area contributed by atoms with Gasteiger partial charge in [0.05, 0.1) is 23.5 Å². The third kappa shape index (κ3) is 4.04. The van der Waals surface area contributed by atoms with Crippen molar-refractivity contribution in [1.82, 2.24) is 19.4 Å². The summed E-state index contributed by atoms with van der Waals surface area (Å²) in [6.45, 7) is 3.97. The van der Waals surface area contributed by atoms with Crippen LogP contribution >= 0.6 is 0 Å². The molecule has 0 saturated carbocycles. The van der Waals surface area contributed by atoms with Crippen molar-refractivity contribution >= 4 is 16.9 Å². The predicted molar refractivity (Wildman–Crippen MR) is 127 cm³/mol. The molecule has 1 aromatic heterocycles. The van der Waals surface area contributed by atoms with Gasteiger partial charge >= 0.3 is 0 Å². The molecule has 1 amide bonds. The Morgan fingerprint density at radius 2 is 1.38 bits per heavy atom. The van der Waals surface area contributed by atoms with Crippen LogP contribution in [0, 0.1) is 0 Å². The van der Waals surface area contributed by atoms with Crippen molar-refractivity contribution in [3.63, 3.8) is 0 Å². The standard InChI is InChI=1S/C27H28N4O/c1-29-24-15-9-8-14-23(24)28-25(29)20-30-16-18-31(19-17-30)27(32)26(21-10-4-2-5-11-21)22-12-6-3-7-13-22/h2-15,26H,16-20H2,1H3. The molecule has 2 heterocycles. The minimum absolute atomic E-state index is 0.185. The van der Waals surface area contributed by atoms with E-state index >= 15 is 0 Å². The molecule has 5 rings (SSSR count). The zero-order valence-corrected chi connectivity index (χ0v) is 18.4. The van der Waals surface area contributed by atoms with Crippen LogP contribution < -0.4 is 0 Å². The highest BCUT2D eigenvalue weighted by molar-refractivity contribution is 5.87. The van der Waals surface area contributed by atoms with Gasteiger partial charge in [-0.25, -0.2) is 4.98 Å². The highest BCUT2D eigenvalue weighted by atomic mass is 16.2. The lowest BCUT2D eigenvalue weighted by Gasteiger charge is -2.36. The second-order valence-electron chi connectivity index (χ2n) is 8.43. The number of hydrogen-bond donors (Lipinski definition) is 0. The first-order valence-corrected chi connectivity index (χ1v) is 11.2. The second kappa shape index (κ2) is 8.97. The fraction of sp³-hybridized carbons (Fsp3) is 0.259. The topological polar surface area (TPSA) is 41.4 Å². The number of benzene rings is 3. The lowest BCUT2D eigenvalue weighted by atomic mass is 9.90. The minimum Gasteiger partial charge on any atom is -0.339 e. The van der Waals surface area contributed by atoms with E-state index in [0.717, 1.165) is 60.7 Å². The summed E-state index contributed by atoms with van der Waals surface area (Å²) in [5.41, 5.74) is 4.29. The second-order valence-corrected chi connectivity index (χ2v) is 8.43. The summed E-state index contributed by atoms with van der Waals surface area (Å²) in [7, 11) is 2.08. The lowest BCUT2D eigenvalue weighted by Crippen LogP contribution is -2.49. The Labute approximate surface area is 188 Å². The van der Waals surface area contributed by atoms with Crippen LogP contribution in [0.1, 0.15) is 22.9 Å². The summed E-state index contributed by atoms with van der Waals surface area (Å²) >= 11 is 0. The fourth-order valence-electron chi connectivity index (χ4n) is 4.61. The first-order chi connectivity index (χ1) is 15.7. The summed E-state index contributed by atoms with van der Waals surface area (Å²) in [6.07, 6.45) is 0. The molecule has 5 heteroatoms. The van der Waals surface area contributed by atoms with Gasteiger partial charge in [0.25, 0.3) is 0 Å². The van der Waals surface area contributed by atoms with Gasteiger partial charge < -0.3 is 9.47 Å². The van der Waals surface area contributed by atoms with Gasteiger partial charge in [0.1, 0.15) is 5.82 Å². The van der Waals surface area contributed by atoms with E-state index in [9.17, 15) is 4.79 Å². The zero-order chi connectivity index (χ0) is 21.9. The number of nitrogens with zero attached hydrogens (tertiary/aromatic N) is 4. The van der Waals surface area contributed by atoms with Crippen molar-refractivity contribution in [3.8, 4) is 0 Å². The summed E-state index contributed by atoms with van der Waals surface area (Å²) in [5.74, 6) is 0.992. The smallest absolute Gasteiger partial charge is 0.234 e. The molecule has 0 unspecified atom stereocenters. The van der Waals surface area contributed by atoms with Crippen LogP contribution in [0.15, 0.2) is 84.9 Å². The molecule has 32 heavy (non-hydrogen) atoms. The van der Waals surface area contributed by atoms with Gasteiger partial charge in [-0.05, 0) is 23.3 Å². The van der Waals surface area contributed by atoms with Gasteiger partial charge in [0.15, 0.2) is 0 Å². The molecule has 1 aliphatic rings. The molecule has 162 valence electrons. The van der Waals surface area contributed by atoms with Crippen molar-refractivity contribution in [3.05, 3.63) is 102 Å². The molecule has 0 bridgehead atoms. The van der Waals surface area contributed by atoms with Gasteiger partial charge in [0.2, 0.25) is 5.91 Å². The molecule has 1 aliphatic heterocycles. The largest absolute Gasteiger partial charge is 0.339 e. The van der Waals surface area contributed by atoms with Crippen LogP contribution in [0.4, 0.5) is 0 Å². The summed E-state index contributed by atoms with van der Waals surface area (Å²) < 4.78 is 2.17. The summed E-state index contributed by atoms with van der Waals surface area (Å²) in [5, 5.41) is 0. The molecule has 0 N–H and O–H groups in total. The zero-order valence-electron chi connectivity index (χ0n) is 18.4. The molecule has 1 fully saturated rings. The number of aromatic nitrogens is 2. The molecule has 0 atom stereocenters. The van der Waals surface area contributed by atoms with E-state index in [1.807, 2.05) is 53.4 Å². The Bertz CT molecular complexity index is 1150. The third-order valence-corrected chi connectivity index (χ3v) is 6.44. The highest BCUT2D eigenvalue weighted by Gasteiger charge is 2.30. The summed E-state index contributed by atoms with van der Waals surface area (Å²) in [4.78, 5) is 22.9. The Kier molecular flexibility index (Phi) is 5.73. The van der Waals surface area contributed by atoms with Gasteiger partial charge in [-0.1, -0.05) is 72.8 Å². The molecule has 5 nitrogen and oxygen atoms in total. The van der Waals surface area contributed by atoms with Crippen LogP contribution in [0.25, 0.3) is 11.0 Å². The van der Waals surface area contributed by atoms with Crippen LogP contribution in [-0.4, -0.2) is 51.4 Å². The number of carbonyl (C=O) groups is 1. The van der Waals surface area contributed by atoms with Crippen molar-refractivity contribution in [2.45, 2.75) is 12.5 Å². The van der Waals surface area contributed by atoms with Crippen LogP contribution in [-0.2, 0) is 18.4 Å². The molecular weight excluding hydrogens is 396 g/mol. The summed E-state index contributed by atoms with van der Waals surface area (Å²) in [6, 6.07) is 28.5.